The van der Waals surface area contributed by atoms with Crippen molar-refractivity contribution >= 4 is 23.7 Å². The van der Waals surface area contributed by atoms with E-state index in [0.29, 0.717) is 11.9 Å². The summed E-state index contributed by atoms with van der Waals surface area (Å²) in [5.41, 5.74) is 1.36. The molecule has 0 saturated carbocycles. The highest BCUT2D eigenvalue weighted by Crippen LogP contribution is 2.40. The molecule has 3 aromatic carbocycles. The van der Waals surface area contributed by atoms with Crippen LogP contribution in [0.5, 0.6) is 0 Å². The molecule has 3 rings (SSSR count). The topological polar surface area (TPSA) is 46.5 Å². The maximum Gasteiger partial charge on any atom is 0.358 e. The molecule has 0 saturated heterocycles. The van der Waals surface area contributed by atoms with Crippen LogP contribution in [0.15, 0.2) is 72.8 Å². The molecule has 0 amide bonds. The van der Waals surface area contributed by atoms with Crippen molar-refractivity contribution in [1.29, 1.82) is 0 Å². The smallest absolute Gasteiger partial charge is 0.321 e. The molecule has 0 radical (unpaired) electrons. The van der Waals surface area contributed by atoms with Crippen molar-refractivity contribution in [1.82, 2.24) is 0 Å². The molecule has 26 heavy (non-hydrogen) atoms. The maximum absolute atomic E-state index is 12.1. The van der Waals surface area contributed by atoms with E-state index >= 15 is 0 Å². The van der Waals surface area contributed by atoms with E-state index in [9.17, 15) is 9.46 Å². The van der Waals surface area contributed by atoms with Crippen LogP contribution in [0.4, 0.5) is 0 Å². The molecule has 1 atom stereocenters. The highest BCUT2D eigenvalue weighted by Gasteiger charge is 2.21. The van der Waals surface area contributed by atoms with Gasteiger partial charge in [0, 0.05) is 0 Å². The zero-order valence-electron chi connectivity index (χ0n) is 14.9. The Hall–Kier alpha value is -1.93. The molecule has 0 fully saturated rings. The summed E-state index contributed by atoms with van der Waals surface area (Å²) in [7, 11) is -3.67. The van der Waals surface area contributed by atoms with Crippen molar-refractivity contribution in [2.75, 3.05) is 6.61 Å². The molecule has 0 spiro atoms. The average Bonchev–Trinajstić information content (AvgIpc) is 2.68. The van der Waals surface area contributed by atoms with Gasteiger partial charge in [-0.05, 0) is 47.7 Å². The van der Waals surface area contributed by atoms with Gasteiger partial charge in [0.15, 0.2) is 0 Å². The summed E-state index contributed by atoms with van der Waals surface area (Å²) < 4.78 is 17.4. The van der Waals surface area contributed by atoms with Crippen LogP contribution < -0.4 is 5.30 Å². The molecule has 0 bridgehead atoms. The monoisotopic (exact) mass is 368 g/mol. The lowest BCUT2D eigenvalue weighted by Gasteiger charge is -2.12. The minimum atomic E-state index is -3.67. The van der Waals surface area contributed by atoms with Crippen LogP contribution in [0.3, 0.4) is 0 Å². The Morgan fingerprint density at radius 2 is 1.46 bits per heavy atom. The number of hydrogen-bond donors (Lipinski definition) is 1. The Labute approximate surface area is 155 Å². The number of hydrogen-bond acceptors (Lipinski definition) is 2. The van der Waals surface area contributed by atoms with Crippen molar-refractivity contribution in [3.63, 3.8) is 0 Å². The summed E-state index contributed by atoms with van der Waals surface area (Å²) in [5, 5.41) is 2.93. The molecule has 0 aliphatic rings. The summed E-state index contributed by atoms with van der Waals surface area (Å²) in [5.74, 6) is 0. The van der Waals surface area contributed by atoms with Crippen LogP contribution in [0, 0.1) is 0 Å². The van der Waals surface area contributed by atoms with Crippen molar-refractivity contribution in [2.45, 2.75) is 32.1 Å². The standard InChI is InChI=1S/C22H25O3P/c23-26(24,22-13-5-3-6-14-22)25-17-9-2-1-4-10-19-15-16-20-11-7-8-12-21(20)18-19/h3,5-8,11-16,18H,1-2,4,9-10,17H2,(H,23,24). The van der Waals surface area contributed by atoms with Crippen LogP contribution in [0.1, 0.15) is 31.2 Å². The summed E-state index contributed by atoms with van der Waals surface area (Å²) in [6, 6.07) is 23.6. The van der Waals surface area contributed by atoms with Crippen LogP contribution in [0.25, 0.3) is 10.8 Å². The van der Waals surface area contributed by atoms with Gasteiger partial charge in [-0.1, -0.05) is 73.5 Å². The summed E-state index contributed by atoms with van der Waals surface area (Å²) in [4.78, 5) is 9.96. The number of aryl methyl sites for hydroxylation is 1. The molecule has 0 aromatic heterocycles. The minimum Gasteiger partial charge on any atom is -0.321 e. The van der Waals surface area contributed by atoms with Crippen molar-refractivity contribution in [2.24, 2.45) is 0 Å². The third kappa shape index (κ3) is 5.28. The number of fused-ring (bicyclic) bond motifs is 1. The summed E-state index contributed by atoms with van der Waals surface area (Å²) >= 11 is 0. The first-order valence-corrected chi connectivity index (χ1v) is 10.7. The molecule has 3 nitrogen and oxygen atoms in total. The van der Waals surface area contributed by atoms with E-state index in [4.69, 9.17) is 4.52 Å². The SMILES string of the molecule is O=P(O)(OCCCCCCc1ccc2ccccc2c1)c1ccccc1. The van der Waals surface area contributed by atoms with E-state index < -0.39 is 7.60 Å². The van der Waals surface area contributed by atoms with Gasteiger partial charge in [-0.25, -0.2) is 0 Å². The molecule has 0 aliphatic carbocycles. The minimum absolute atomic E-state index is 0.318. The van der Waals surface area contributed by atoms with Crippen LogP contribution in [0.2, 0.25) is 0 Å². The second-order valence-corrected chi connectivity index (χ2v) is 8.35. The number of rotatable bonds is 9. The Morgan fingerprint density at radius 1 is 0.769 bits per heavy atom. The van der Waals surface area contributed by atoms with E-state index in [2.05, 4.69) is 42.5 Å². The highest BCUT2D eigenvalue weighted by atomic mass is 31.2. The molecule has 0 aliphatic heterocycles. The van der Waals surface area contributed by atoms with E-state index in [1.165, 1.54) is 16.3 Å². The second kappa shape index (κ2) is 9.14. The normalized spacial score (nSPS) is 13.6. The Balaban J connectivity index is 1.35. The Morgan fingerprint density at radius 3 is 2.27 bits per heavy atom. The fourth-order valence-corrected chi connectivity index (χ4v) is 4.13. The van der Waals surface area contributed by atoms with Crippen LogP contribution in [-0.2, 0) is 15.5 Å². The molecule has 1 unspecified atom stereocenters. The first-order chi connectivity index (χ1) is 12.6. The van der Waals surface area contributed by atoms with Gasteiger partial charge in [-0.15, -0.1) is 0 Å². The van der Waals surface area contributed by atoms with Crippen LogP contribution >= 0.6 is 7.60 Å². The largest absolute Gasteiger partial charge is 0.358 e. The highest BCUT2D eigenvalue weighted by molar-refractivity contribution is 7.61. The summed E-state index contributed by atoms with van der Waals surface area (Å²) in [6.45, 7) is 0.318. The van der Waals surface area contributed by atoms with Crippen molar-refractivity contribution in [3.8, 4) is 0 Å². The number of unbranched alkanes of at least 4 members (excludes halogenated alkanes) is 3. The molecule has 1 N–H and O–H groups in total. The van der Waals surface area contributed by atoms with E-state index in [0.717, 1.165) is 32.1 Å². The van der Waals surface area contributed by atoms with E-state index in [1.807, 2.05) is 6.07 Å². The van der Waals surface area contributed by atoms with Gasteiger partial charge < -0.3 is 9.42 Å². The van der Waals surface area contributed by atoms with Gasteiger partial charge in [-0.3, -0.25) is 4.57 Å². The quantitative estimate of drug-likeness (QED) is 0.402. The van der Waals surface area contributed by atoms with Gasteiger partial charge >= 0.3 is 7.60 Å². The predicted octanol–water partition coefficient (Wildman–Crippen LogP) is 5.47. The molecule has 4 heteroatoms. The van der Waals surface area contributed by atoms with Crippen LogP contribution in [-0.4, -0.2) is 11.5 Å². The first kappa shape index (κ1) is 18.8. The molecule has 3 aromatic rings. The van der Waals surface area contributed by atoms with Gasteiger partial charge in [0.2, 0.25) is 0 Å². The molecular formula is C22H25O3P. The van der Waals surface area contributed by atoms with Gasteiger partial charge in [0.1, 0.15) is 0 Å². The summed E-state index contributed by atoms with van der Waals surface area (Å²) in [6.07, 6.45) is 5.08. The van der Waals surface area contributed by atoms with E-state index in [1.54, 1.807) is 24.3 Å². The lowest BCUT2D eigenvalue weighted by atomic mass is 10.0. The predicted molar refractivity (Wildman–Crippen MR) is 108 cm³/mol. The lowest BCUT2D eigenvalue weighted by molar-refractivity contribution is 0.261. The van der Waals surface area contributed by atoms with Gasteiger partial charge in [0.25, 0.3) is 0 Å². The zero-order valence-corrected chi connectivity index (χ0v) is 15.8. The third-order valence-corrected chi connectivity index (χ3v) is 6.01. The van der Waals surface area contributed by atoms with Crippen molar-refractivity contribution in [3.05, 3.63) is 78.4 Å². The third-order valence-electron chi connectivity index (χ3n) is 4.52. The van der Waals surface area contributed by atoms with Gasteiger partial charge in [-0.2, -0.15) is 0 Å². The van der Waals surface area contributed by atoms with Gasteiger partial charge in [0.05, 0.1) is 11.9 Å². The average molecular weight is 368 g/mol. The van der Waals surface area contributed by atoms with E-state index in [-0.39, 0.29) is 0 Å². The first-order valence-electron chi connectivity index (χ1n) is 9.16. The lowest BCUT2D eigenvalue weighted by Crippen LogP contribution is -2.07. The Bertz CT molecular complexity index is 877. The maximum atomic E-state index is 12.1. The molecule has 0 heterocycles. The number of benzene rings is 3. The fourth-order valence-electron chi connectivity index (χ4n) is 3.06. The fraction of sp³-hybridized carbons (Fsp3) is 0.273. The second-order valence-electron chi connectivity index (χ2n) is 6.53. The Kier molecular flexibility index (Phi) is 6.62. The van der Waals surface area contributed by atoms with Crippen molar-refractivity contribution < 1.29 is 14.0 Å². The zero-order chi connectivity index (χ0) is 18.2. The molecule has 136 valence electrons. The molecular weight excluding hydrogens is 343 g/mol.